The van der Waals surface area contributed by atoms with Crippen LogP contribution in [0.4, 0.5) is 0 Å². The minimum Gasteiger partial charge on any atom is -0.302 e. The molecule has 0 aliphatic carbocycles. The molecule has 1 unspecified atom stereocenters. The molecule has 0 saturated carbocycles. The smallest absolute Gasteiger partial charge is 0.0156 e. The molecule has 0 amide bonds. The standard InChI is InChI=1S/C7H15NS/c1-2-4-8-5-3-7(9)6-8/h7,9H,2-6H2,1H3. The maximum absolute atomic E-state index is 4.40. The Labute approximate surface area is 62.8 Å². The molecule has 0 N–H and O–H groups in total. The molecule has 0 radical (unpaired) electrons. The summed E-state index contributed by atoms with van der Waals surface area (Å²) >= 11 is 4.40. The van der Waals surface area contributed by atoms with Crippen molar-refractivity contribution in [3.63, 3.8) is 0 Å². The number of hydrogen-bond acceptors (Lipinski definition) is 2. The van der Waals surface area contributed by atoms with Gasteiger partial charge in [0.05, 0.1) is 0 Å². The van der Waals surface area contributed by atoms with Gasteiger partial charge < -0.3 is 4.90 Å². The molecule has 1 aliphatic heterocycles. The highest BCUT2D eigenvalue weighted by molar-refractivity contribution is 7.81. The Morgan fingerprint density at radius 3 is 2.89 bits per heavy atom. The van der Waals surface area contributed by atoms with E-state index in [2.05, 4.69) is 24.5 Å². The van der Waals surface area contributed by atoms with Gasteiger partial charge in [-0.3, -0.25) is 0 Å². The summed E-state index contributed by atoms with van der Waals surface area (Å²) in [6.45, 7) is 5.96. The second-order valence-corrected chi connectivity index (χ2v) is 3.47. The lowest BCUT2D eigenvalue weighted by Crippen LogP contribution is -2.21. The van der Waals surface area contributed by atoms with Crippen LogP contribution in [0.1, 0.15) is 19.8 Å². The van der Waals surface area contributed by atoms with Crippen molar-refractivity contribution >= 4 is 12.6 Å². The van der Waals surface area contributed by atoms with Gasteiger partial charge in [0.15, 0.2) is 0 Å². The van der Waals surface area contributed by atoms with Gasteiger partial charge in [-0.15, -0.1) is 0 Å². The Hall–Kier alpha value is 0.310. The Morgan fingerprint density at radius 1 is 1.67 bits per heavy atom. The molecule has 9 heavy (non-hydrogen) atoms. The third-order valence-corrected chi connectivity index (χ3v) is 2.21. The van der Waals surface area contributed by atoms with Crippen molar-refractivity contribution in [2.75, 3.05) is 19.6 Å². The molecule has 0 aromatic heterocycles. The summed E-state index contributed by atoms with van der Waals surface area (Å²) < 4.78 is 0. The van der Waals surface area contributed by atoms with E-state index in [1.54, 1.807) is 0 Å². The minimum absolute atomic E-state index is 0.650. The Bertz CT molecular complexity index is 83.0. The van der Waals surface area contributed by atoms with Crippen LogP contribution in [0.3, 0.4) is 0 Å². The zero-order chi connectivity index (χ0) is 6.69. The predicted octanol–water partition coefficient (Wildman–Crippen LogP) is 1.40. The van der Waals surface area contributed by atoms with Crippen molar-refractivity contribution in [3.8, 4) is 0 Å². The van der Waals surface area contributed by atoms with E-state index in [1.165, 1.54) is 32.5 Å². The quantitative estimate of drug-likeness (QED) is 0.575. The average Bonchev–Trinajstić information content (AvgIpc) is 2.17. The first-order valence-electron chi connectivity index (χ1n) is 3.73. The van der Waals surface area contributed by atoms with Gasteiger partial charge in [-0.25, -0.2) is 0 Å². The molecular formula is C7H15NS. The summed E-state index contributed by atoms with van der Waals surface area (Å²) in [5.41, 5.74) is 0. The van der Waals surface area contributed by atoms with E-state index < -0.39 is 0 Å². The number of thiol groups is 1. The molecule has 0 bridgehead atoms. The summed E-state index contributed by atoms with van der Waals surface area (Å²) in [6.07, 6.45) is 2.56. The lowest BCUT2D eigenvalue weighted by Gasteiger charge is -2.12. The van der Waals surface area contributed by atoms with Gasteiger partial charge in [0.1, 0.15) is 0 Å². The van der Waals surface area contributed by atoms with Gasteiger partial charge in [-0.1, -0.05) is 6.92 Å². The first-order chi connectivity index (χ1) is 4.33. The third kappa shape index (κ3) is 2.18. The van der Waals surface area contributed by atoms with Gasteiger partial charge in [0.25, 0.3) is 0 Å². The van der Waals surface area contributed by atoms with Crippen molar-refractivity contribution in [2.45, 2.75) is 25.0 Å². The predicted molar refractivity (Wildman–Crippen MR) is 44.1 cm³/mol. The Morgan fingerprint density at radius 2 is 2.44 bits per heavy atom. The summed E-state index contributed by atoms with van der Waals surface area (Å²) in [6, 6.07) is 0. The van der Waals surface area contributed by atoms with Gasteiger partial charge in [-0.05, 0) is 25.9 Å². The molecule has 1 fully saturated rings. The summed E-state index contributed by atoms with van der Waals surface area (Å²) in [4.78, 5) is 2.48. The van der Waals surface area contributed by atoms with Crippen LogP contribution < -0.4 is 0 Å². The Balaban J connectivity index is 2.14. The molecular weight excluding hydrogens is 130 g/mol. The van der Waals surface area contributed by atoms with Crippen LogP contribution in [-0.2, 0) is 0 Å². The maximum Gasteiger partial charge on any atom is 0.0156 e. The third-order valence-electron chi connectivity index (χ3n) is 1.79. The number of hydrogen-bond donors (Lipinski definition) is 1. The van der Waals surface area contributed by atoms with Gasteiger partial charge in [-0.2, -0.15) is 12.6 Å². The van der Waals surface area contributed by atoms with E-state index in [1.807, 2.05) is 0 Å². The van der Waals surface area contributed by atoms with Crippen LogP contribution in [0.25, 0.3) is 0 Å². The lowest BCUT2D eigenvalue weighted by atomic mass is 10.4. The normalized spacial score (nSPS) is 29.3. The topological polar surface area (TPSA) is 3.24 Å². The van der Waals surface area contributed by atoms with Crippen LogP contribution in [-0.4, -0.2) is 29.8 Å². The highest BCUT2D eigenvalue weighted by Gasteiger charge is 2.17. The molecule has 1 rings (SSSR count). The fourth-order valence-electron chi connectivity index (χ4n) is 1.33. The fraction of sp³-hybridized carbons (Fsp3) is 1.00. The second-order valence-electron chi connectivity index (χ2n) is 2.74. The zero-order valence-corrected chi connectivity index (χ0v) is 6.90. The summed E-state index contributed by atoms with van der Waals surface area (Å²) in [5, 5.41) is 0.650. The second kappa shape index (κ2) is 3.47. The summed E-state index contributed by atoms with van der Waals surface area (Å²) in [5.74, 6) is 0. The van der Waals surface area contributed by atoms with Crippen LogP contribution >= 0.6 is 12.6 Å². The molecule has 1 saturated heterocycles. The van der Waals surface area contributed by atoms with E-state index in [0.29, 0.717) is 5.25 Å². The van der Waals surface area contributed by atoms with Crippen molar-refractivity contribution in [1.82, 2.24) is 4.90 Å². The molecule has 0 aromatic carbocycles. The van der Waals surface area contributed by atoms with Gasteiger partial charge in [0, 0.05) is 11.8 Å². The van der Waals surface area contributed by atoms with Gasteiger partial charge in [0.2, 0.25) is 0 Å². The van der Waals surface area contributed by atoms with E-state index in [-0.39, 0.29) is 0 Å². The summed E-state index contributed by atoms with van der Waals surface area (Å²) in [7, 11) is 0. The van der Waals surface area contributed by atoms with Crippen LogP contribution in [0.5, 0.6) is 0 Å². The zero-order valence-electron chi connectivity index (χ0n) is 6.01. The van der Waals surface area contributed by atoms with E-state index >= 15 is 0 Å². The monoisotopic (exact) mass is 145 g/mol. The first kappa shape index (κ1) is 7.42. The van der Waals surface area contributed by atoms with Crippen molar-refractivity contribution in [3.05, 3.63) is 0 Å². The van der Waals surface area contributed by atoms with E-state index in [0.717, 1.165) is 0 Å². The first-order valence-corrected chi connectivity index (χ1v) is 4.25. The van der Waals surface area contributed by atoms with Crippen molar-refractivity contribution in [1.29, 1.82) is 0 Å². The SMILES string of the molecule is CCCN1CCC(S)C1. The van der Waals surface area contributed by atoms with Crippen molar-refractivity contribution < 1.29 is 0 Å². The minimum atomic E-state index is 0.650. The molecule has 1 atom stereocenters. The fourth-order valence-corrected chi connectivity index (χ4v) is 1.68. The number of nitrogens with zero attached hydrogens (tertiary/aromatic N) is 1. The molecule has 1 nitrogen and oxygen atoms in total. The molecule has 54 valence electrons. The lowest BCUT2D eigenvalue weighted by molar-refractivity contribution is 0.340. The van der Waals surface area contributed by atoms with Crippen LogP contribution in [0.15, 0.2) is 0 Å². The Kier molecular flexibility index (Phi) is 2.86. The van der Waals surface area contributed by atoms with Crippen molar-refractivity contribution in [2.24, 2.45) is 0 Å². The van der Waals surface area contributed by atoms with Crippen LogP contribution in [0, 0.1) is 0 Å². The van der Waals surface area contributed by atoms with Gasteiger partial charge >= 0.3 is 0 Å². The largest absolute Gasteiger partial charge is 0.302 e. The maximum atomic E-state index is 4.40. The van der Waals surface area contributed by atoms with E-state index in [4.69, 9.17) is 0 Å². The molecule has 0 aromatic rings. The van der Waals surface area contributed by atoms with Crippen LogP contribution in [0.2, 0.25) is 0 Å². The highest BCUT2D eigenvalue weighted by Crippen LogP contribution is 2.13. The average molecular weight is 145 g/mol. The number of likely N-dealkylation sites (tertiary alicyclic amines) is 1. The highest BCUT2D eigenvalue weighted by atomic mass is 32.1. The number of rotatable bonds is 2. The molecule has 2 heteroatoms. The molecule has 1 aliphatic rings. The van der Waals surface area contributed by atoms with E-state index in [9.17, 15) is 0 Å². The molecule has 1 heterocycles. The molecule has 0 spiro atoms.